The molecule has 6 heteroatoms. The minimum atomic E-state index is -0.192. The summed E-state index contributed by atoms with van der Waals surface area (Å²) >= 11 is 0. The smallest absolute Gasteiger partial charge is 0.221 e. The topological polar surface area (TPSA) is 80.0 Å². The van der Waals surface area contributed by atoms with Gasteiger partial charge >= 0.3 is 0 Å². The minimum absolute atomic E-state index is 0.0229. The van der Waals surface area contributed by atoms with Crippen molar-refractivity contribution >= 4 is 5.91 Å². The van der Waals surface area contributed by atoms with Crippen molar-refractivity contribution < 1.29 is 9.90 Å². The van der Waals surface area contributed by atoms with Crippen LogP contribution < -0.4 is 5.32 Å². The summed E-state index contributed by atoms with van der Waals surface area (Å²) in [5.74, 6) is -0.0229. The SMILES string of the molecule is CCC(CC)(CO)CNC(=O)CCn1ccnn1. The summed E-state index contributed by atoms with van der Waals surface area (Å²) in [6, 6.07) is 0. The molecular formula is C12H22N4O2. The number of hydrogen-bond acceptors (Lipinski definition) is 4. The second-order valence-electron chi connectivity index (χ2n) is 4.56. The van der Waals surface area contributed by atoms with Gasteiger partial charge in [-0.1, -0.05) is 19.1 Å². The van der Waals surface area contributed by atoms with Crippen LogP contribution in [-0.4, -0.2) is 39.2 Å². The van der Waals surface area contributed by atoms with Crippen LogP contribution in [0.4, 0.5) is 0 Å². The van der Waals surface area contributed by atoms with Gasteiger partial charge in [-0.25, -0.2) is 0 Å². The van der Waals surface area contributed by atoms with E-state index in [1.54, 1.807) is 17.1 Å². The highest BCUT2D eigenvalue weighted by Crippen LogP contribution is 2.24. The van der Waals surface area contributed by atoms with Crippen LogP contribution in [0, 0.1) is 5.41 Å². The second-order valence-corrected chi connectivity index (χ2v) is 4.56. The van der Waals surface area contributed by atoms with Crippen molar-refractivity contribution in [1.82, 2.24) is 20.3 Å². The summed E-state index contributed by atoms with van der Waals surface area (Å²) in [4.78, 5) is 11.7. The maximum atomic E-state index is 11.7. The molecule has 18 heavy (non-hydrogen) atoms. The van der Waals surface area contributed by atoms with E-state index in [1.807, 2.05) is 13.8 Å². The molecule has 0 spiro atoms. The predicted octanol–water partition coefficient (Wildman–Crippen LogP) is 0.583. The molecule has 0 unspecified atom stereocenters. The molecule has 0 radical (unpaired) electrons. The van der Waals surface area contributed by atoms with E-state index >= 15 is 0 Å². The van der Waals surface area contributed by atoms with E-state index in [9.17, 15) is 9.90 Å². The molecule has 0 aromatic carbocycles. The quantitative estimate of drug-likeness (QED) is 0.711. The molecule has 1 aromatic rings. The molecule has 0 aliphatic rings. The highest BCUT2D eigenvalue weighted by Gasteiger charge is 2.25. The van der Waals surface area contributed by atoms with Crippen LogP contribution in [-0.2, 0) is 11.3 Å². The number of nitrogens with one attached hydrogen (secondary N) is 1. The highest BCUT2D eigenvalue weighted by molar-refractivity contribution is 5.75. The molecule has 0 saturated heterocycles. The lowest BCUT2D eigenvalue weighted by atomic mass is 9.83. The number of aromatic nitrogens is 3. The number of rotatable bonds is 8. The fraction of sp³-hybridized carbons (Fsp3) is 0.750. The molecule has 2 N–H and O–H groups in total. The standard InChI is InChI=1S/C12H22N4O2/c1-3-12(4-2,10-17)9-13-11(18)5-7-16-8-6-14-15-16/h6,8,17H,3-5,7,9-10H2,1-2H3,(H,13,18). The first-order chi connectivity index (χ1) is 8.65. The van der Waals surface area contributed by atoms with Gasteiger partial charge in [0, 0.05) is 24.6 Å². The first-order valence-corrected chi connectivity index (χ1v) is 6.37. The zero-order chi connectivity index (χ0) is 13.4. The van der Waals surface area contributed by atoms with Crippen LogP contribution in [0.2, 0.25) is 0 Å². The minimum Gasteiger partial charge on any atom is -0.396 e. The second kappa shape index (κ2) is 7.10. The number of carbonyl (C=O) groups excluding carboxylic acids is 1. The molecule has 0 bridgehead atoms. The molecule has 6 nitrogen and oxygen atoms in total. The third kappa shape index (κ3) is 4.10. The van der Waals surface area contributed by atoms with Crippen molar-refractivity contribution in [3.05, 3.63) is 12.4 Å². The van der Waals surface area contributed by atoms with E-state index < -0.39 is 0 Å². The van der Waals surface area contributed by atoms with Crippen LogP contribution in [0.1, 0.15) is 33.1 Å². The molecule has 1 aromatic heterocycles. The van der Waals surface area contributed by atoms with Crippen molar-refractivity contribution in [3.63, 3.8) is 0 Å². The average Bonchev–Trinajstić information content (AvgIpc) is 2.92. The van der Waals surface area contributed by atoms with Gasteiger partial charge in [-0.15, -0.1) is 5.10 Å². The van der Waals surface area contributed by atoms with Gasteiger partial charge in [-0.05, 0) is 12.8 Å². The zero-order valence-electron chi connectivity index (χ0n) is 11.1. The lowest BCUT2D eigenvalue weighted by Crippen LogP contribution is -2.39. The van der Waals surface area contributed by atoms with Gasteiger partial charge in [0.2, 0.25) is 5.91 Å². The molecule has 0 saturated carbocycles. The molecular weight excluding hydrogens is 232 g/mol. The zero-order valence-corrected chi connectivity index (χ0v) is 11.1. The first-order valence-electron chi connectivity index (χ1n) is 6.37. The van der Waals surface area contributed by atoms with Crippen molar-refractivity contribution in [2.45, 2.75) is 39.7 Å². The number of aryl methyl sites for hydroxylation is 1. The molecule has 102 valence electrons. The number of hydrogen-bond donors (Lipinski definition) is 2. The van der Waals surface area contributed by atoms with Gasteiger partial charge in [0.05, 0.1) is 19.3 Å². The third-order valence-electron chi connectivity index (χ3n) is 3.54. The Balaban J connectivity index is 2.32. The average molecular weight is 254 g/mol. The largest absolute Gasteiger partial charge is 0.396 e. The van der Waals surface area contributed by atoms with Gasteiger partial charge in [0.1, 0.15) is 0 Å². The van der Waals surface area contributed by atoms with Gasteiger partial charge in [-0.3, -0.25) is 9.48 Å². The van der Waals surface area contributed by atoms with Crippen LogP contribution >= 0.6 is 0 Å². The van der Waals surface area contributed by atoms with Gasteiger partial charge in [0.25, 0.3) is 0 Å². The molecule has 0 aliphatic heterocycles. The summed E-state index contributed by atoms with van der Waals surface area (Å²) in [7, 11) is 0. The Hall–Kier alpha value is -1.43. The van der Waals surface area contributed by atoms with E-state index in [1.165, 1.54) is 0 Å². The van der Waals surface area contributed by atoms with E-state index in [4.69, 9.17) is 0 Å². The van der Waals surface area contributed by atoms with Crippen LogP contribution in [0.15, 0.2) is 12.4 Å². The molecule has 1 amide bonds. The third-order valence-corrected chi connectivity index (χ3v) is 3.54. The summed E-state index contributed by atoms with van der Waals surface area (Å²) in [5.41, 5.74) is -0.192. The summed E-state index contributed by atoms with van der Waals surface area (Å²) in [5, 5.41) is 19.7. The normalized spacial score (nSPS) is 11.5. The van der Waals surface area contributed by atoms with E-state index in [-0.39, 0.29) is 17.9 Å². The van der Waals surface area contributed by atoms with E-state index in [0.29, 0.717) is 19.5 Å². The Bertz CT molecular complexity index is 339. The Morgan fingerprint density at radius 2 is 2.17 bits per heavy atom. The molecule has 1 rings (SSSR count). The van der Waals surface area contributed by atoms with Crippen molar-refractivity contribution in [2.75, 3.05) is 13.2 Å². The van der Waals surface area contributed by atoms with E-state index in [2.05, 4.69) is 15.6 Å². The monoisotopic (exact) mass is 254 g/mol. The number of carbonyl (C=O) groups is 1. The maximum absolute atomic E-state index is 11.7. The molecule has 1 heterocycles. The lowest BCUT2D eigenvalue weighted by Gasteiger charge is -2.29. The summed E-state index contributed by atoms with van der Waals surface area (Å²) in [6.45, 7) is 5.20. The first kappa shape index (κ1) is 14.6. The van der Waals surface area contributed by atoms with Crippen LogP contribution in [0.3, 0.4) is 0 Å². The van der Waals surface area contributed by atoms with Crippen LogP contribution in [0.25, 0.3) is 0 Å². The van der Waals surface area contributed by atoms with Crippen LogP contribution in [0.5, 0.6) is 0 Å². The van der Waals surface area contributed by atoms with Gasteiger partial charge < -0.3 is 10.4 Å². The van der Waals surface area contributed by atoms with Crippen molar-refractivity contribution in [1.29, 1.82) is 0 Å². The summed E-state index contributed by atoms with van der Waals surface area (Å²) < 4.78 is 1.62. The molecule has 0 aliphatic carbocycles. The summed E-state index contributed by atoms with van der Waals surface area (Å²) in [6.07, 6.45) is 5.39. The predicted molar refractivity (Wildman–Crippen MR) is 67.7 cm³/mol. The maximum Gasteiger partial charge on any atom is 0.221 e. The van der Waals surface area contributed by atoms with Gasteiger partial charge in [0.15, 0.2) is 0 Å². The lowest BCUT2D eigenvalue weighted by molar-refractivity contribution is -0.122. The number of aliphatic hydroxyl groups is 1. The van der Waals surface area contributed by atoms with Gasteiger partial charge in [-0.2, -0.15) is 0 Å². The Labute approximate surface area is 107 Å². The molecule has 0 atom stereocenters. The number of nitrogens with zero attached hydrogens (tertiary/aromatic N) is 3. The number of amides is 1. The Kier molecular flexibility index (Phi) is 5.77. The van der Waals surface area contributed by atoms with Crippen molar-refractivity contribution in [3.8, 4) is 0 Å². The Morgan fingerprint density at radius 1 is 1.44 bits per heavy atom. The Morgan fingerprint density at radius 3 is 2.67 bits per heavy atom. The molecule has 0 fully saturated rings. The van der Waals surface area contributed by atoms with Crippen molar-refractivity contribution in [2.24, 2.45) is 5.41 Å². The number of aliphatic hydroxyl groups excluding tert-OH is 1. The highest BCUT2D eigenvalue weighted by atomic mass is 16.3. The van der Waals surface area contributed by atoms with E-state index in [0.717, 1.165) is 12.8 Å². The fourth-order valence-corrected chi connectivity index (χ4v) is 1.72. The fourth-order valence-electron chi connectivity index (χ4n) is 1.72.